The molecule has 0 bridgehead atoms. The number of benzene rings is 1. The number of amides is 1. The Morgan fingerprint density at radius 1 is 1.24 bits per heavy atom. The van der Waals surface area contributed by atoms with E-state index >= 15 is 0 Å². The molecular formula is C18H20N6O. The molecular weight excluding hydrogens is 316 g/mol. The van der Waals surface area contributed by atoms with Gasteiger partial charge in [-0.05, 0) is 5.92 Å². The largest absolute Gasteiger partial charge is 0.353 e. The van der Waals surface area contributed by atoms with E-state index in [0.717, 1.165) is 23.6 Å². The van der Waals surface area contributed by atoms with Crippen LogP contribution in [0.4, 0.5) is 5.82 Å². The summed E-state index contributed by atoms with van der Waals surface area (Å²) in [4.78, 5) is 23.4. The average Bonchev–Trinajstić information content (AvgIpc) is 3.09. The lowest BCUT2D eigenvalue weighted by atomic mass is 9.99. The molecule has 0 radical (unpaired) electrons. The van der Waals surface area contributed by atoms with Crippen LogP contribution in [0.5, 0.6) is 0 Å². The summed E-state index contributed by atoms with van der Waals surface area (Å²) in [5.74, 6) is 1.60. The Morgan fingerprint density at radius 2 is 2.04 bits per heavy atom. The van der Waals surface area contributed by atoms with Gasteiger partial charge in [0.15, 0.2) is 0 Å². The Kier molecular flexibility index (Phi) is 3.83. The molecule has 3 heterocycles. The summed E-state index contributed by atoms with van der Waals surface area (Å²) in [6, 6.07) is 11.7. The molecule has 1 aliphatic heterocycles. The zero-order valence-electron chi connectivity index (χ0n) is 14.3. The summed E-state index contributed by atoms with van der Waals surface area (Å²) in [6.07, 6.45) is 1.50. The van der Waals surface area contributed by atoms with Crippen LogP contribution in [0.3, 0.4) is 0 Å². The Bertz CT molecular complexity index is 904. The maximum absolute atomic E-state index is 12.4. The zero-order chi connectivity index (χ0) is 17.4. The van der Waals surface area contributed by atoms with Gasteiger partial charge in [-0.2, -0.15) is 14.6 Å². The van der Waals surface area contributed by atoms with E-state index in [9.17, 15) is 4.79 Å². The lowest BCUT2D eigenvalue weighted by molar-refractivity contribution is -0.124. The quantitative estimate of drug-likeness (QED) is 0.789. The number of hydrogen-bond acceptors (Lipinski definition) is 5. The lowest BCUT2D eigenvalue weighted by Gasteiger charge is -2.38. The summed E-state index contributed by atoms with van der Waals surface area (Å²) in [7, 11) is 0. The van der Waals surface area contributed by atoms with E-state index in [1.54, 1.807) is 4.52 Å². The first-order chi connectivity index (χ1) is 12.1. The van der Waals surface area contributed by atoms with Gasteiger partial charge in [0.2, 0.25) is 5.91 Å². The second kappa shape index (κ2) is 6.16. The van der Waals surface area contributed by atoms with E-state index in [2.05, 4.69) is 39.1 Å². The molecule has 7 nitrogen and oxygen atoms in total. The van der Waals surface area contributed by atoms with Gasteiger partial charge in [-0.15, -0.1) is 0 Å². The maximum Gasteiger partial charge on any atom is 0.254 e. The number of nitrogens with one attached hydrogen (secondary N) is 1. The molecule has 1 saturated heterocycles. The molecule has 7 heteroatoms. The molecule has 0 saturated carbocycles. The van der Waals surface area contributed by atoms with Crippen LogP contribution >= 0.6 is 0 Å². The van der Waals surface area contributed by atoms with Gasteiger partial charge in [-0.25, -0.2) is 4.98 Å². The molecule has 3 aromatic rings. The molecule has 0 spiro atoms. The second-order valence-corrected chi connectivity index (χ2v) is 6.51. The Balaban J connectivity index is 1.88. The van der Waals surface area contributed by atoms with Crippen LogP contribution in [0.15, 0.2) is 42.7 Å². The number of carbonyl (C=O) groups is 1. The molecule has 1 aromatic carbocycles. The van der Waals surface area contributed by atoms with Crippen molar-refractivity contribution < 1.29 is 4.79 Å². The van der Waals surface area contributed by atoms with Gasteiger partial charge in [0.05, 0.1) is 5.69 Å². The molecule has 1 N–H and O–H groups in total. The highest BCUT2D eigenvalue weighted by atomic mass is 16.2. The highest BCUT2D eigenvalue weighted by Gasteiger charge is 2.34. The smallest absolute Gasteiger partial charge is 0.254 e. The SMILES string of the molecule is CC(C)C1C(=O)NCCN1c1cc(-c2ccccc2)nc2ncnn12. The lowest BCUT2D eigenvalue weighted by Crippen LogP contribution is -2.58. The molecule has 1 amide bonds. The molecule has 4 rings (SSSR count). The fraction of sp³-hybridized carbons (Fsp3) is 0.333. The highest BCUT2D eigenvalue weighted by molar-refractivity contribution is 5.87. The van der Waals surface area contributed by atoms with E-state index in [1.807, 2.05) is 36.4 Å². The summed E-state index contributed by atoms with van der Waals surface area (Å²) in [5, 5.41) is 7.28. The number of anilines is 1. The first-order valence-corrected chi connectivity index (χ1v) is 8.45. The van der Waals surface area contributed by atoms with Gasteiger partial charge in [0.25, 0.3) is 5.78 Å². The Labute approximate surface area is 145 Å². The van der Waals surface area contributed by atoms with Crippen LogP contribution in [0.2, 0.25) is 0 Å². The van der Waals surface area contributed by atoms with E-state index in [0.29, 0.717) is 12.3 Å². The molecule has 1 aliphatic rings. The van der Waals surface area contributed by atoms with Gasteiger partial charge < -0.3 is 10.2 Å². The number of piperazine rings is 1. The molecule has 2 aromatic heterocycles. The number of nitrogens with zero attached hydrogens (tertiary/aromatic N) is 5. The number of aromatic nitrogens is 4. The Morgan fingerprint density at radius 3 is 2.80 bits per heavy atom. The normalized spacial score (nSPS) is 18.0. The van der Waals surface area contributed by atoms with Crippen molar-refractivity contribution in [2.75, 3.05) is 18.0 Å². The van der Waals surface area contributed by atoms with Gasteiger partial charge in [-0.3, -0.25) is 4.79 Å². The monoisotopic (exact) mass is 336 g/mol. The van der Waals surface area contributed by atoms with Crippen LogP contribution in [-0.4, -0.2) is 44.6 Å². The van der Waals surface area contributed by atoms with Crippen LogP contribution in [-0.2, 0) is 4.79 Å². The zero-order valence-corrected chi connectivity index (χ0v) is 14.3. The van der Waals surface area contributed by atoms with Crippen molar-refractivity contribution in [3.8, 4) is 11.3 Å². The molecule has 128 valence electrons. The van der Waals surface area contributed by atoms with Crippen molar-refractivity contribution in [3.63, 3.8) is 0 Å². The number of carbonyl (C=O) groups excluding carboxylic acids is 1. The number of fused-ring (bicyclic) bond motifs is 1. The highest BCUT2D eigenvalue weighted by Crippen LogP contribution is 2.27. The summed E-state index contributed by atoms with van der Waals surface area (Å²) >= 11 is 0. The van der Waals surface area contributed by atoms with E-state index in [1.165, 1.54) is 6.33 Å². The minimum Gasteiger partial charge on any atom is -0.353 e. The maximum atomic E-state index is 12.4. The van der Waals surface area contributed by atoms with Gasteiger partial charge in [0.1, 0.15) is 18.2 Å². The van der Waals surface area contributed by atoms with Crippen molar-refractivity contribution in [2.24, 2.45) is 5.92 Å². The second-order valence-electron chi connectivity index (χ2n) is 6.51. The Hall–Kier alpha value is -2.96. The van der Waals surface area contributed by atoms with Crippen molar-refractivity contribution in [1.29, 1.82) is 0 Å². The van der Waals surface area contributed by atoms with Crippen LogP contribution < -0.4 is 10.2 Å². The van der Waals surface area contributed by atoms with E-state index in [4.69, 9.17) is 0 Å². The van der Waals surface area contributed by atoms with E-state index < -0.39 is 0 Å². The molecule has 25 heavy (non-hydrogen) atoms. The number of rotatable bonds is 3. The van der Waals surface area contributed by atoms with Gasteiger partial charge >= 0.3 is 0 Å². The third-order valence-corrected chi connectivity index (χ3v) is 4.48. The molecule has 1 fully saturated rings. The number of hydrogen-bond donors (Lipinski definition) is 1. The van der Waals surface area contributed by atoms with Crippen molar-refractivity contribution in [3.05, 3.63) is 42.7 Å². The summed E-state index contributed by atoms with van der Waals surface area (Å²) in [5.41, 5.74) is 1.83. The minimum atomic E-state index is -0.243. The molecule has 0 aliphatic carbocycles. The van der Waals surface area contributed by atoms with Crippen molar-refractivity contribution in [1.82, 2.24) is 24.9 Å². The summed E-state index contributed by atoms with van der Waals surface area (Å²) in [6.45, 7) is 5.45. The van der Waals surface area contributed by atoms with Gasteiger partial charge in [-0.1, -0.05) is 44.2 Å². The average molecular weight is 336 g/mol. The first kappa shape index (κ1) is 15.6. The van der Waals surface area contributed by atoms with E-state index in [-0.39, 0.29) is 17.9 Å². The molecule has 1 unspecified atom stereocenters. The third kappa shape index (κ3) is 2.71. The topological polar surface area (TPSA) is 75.4 Å². The first-order valence-electron chi connectivity index (χ1n) is 8.45. The predicted octanol–water partition coefficient (Wildman–Crippen LogP) is 1.75. The molecule has 1 atom stereocenters. The van der Waals surface area contributed by atoms with Crippen molar-refractivity contribution in [2.45, 2.75) is 19.9 Å². The fourth-order valence-electron chi connectivity index (χ4n) is 3.36. The summed E-state index contributed by atoms with van der Waals surface area (Å²) < 4.78 is 1.71. The third-order valence-electron chi connectivity index (χ3n) is 4.48. The van der Waals surface area contributed by atoms with Crippen LogP contribution in [0.25, 0.3) is 17.0 Å². The van der Waals surface area contributed by atoms with Crippen LogP contribution in [0.1, 0.15) is 13.8 Å². The fourth-order valence-corrected chi connectivity index (χ4v) is 3.36. The van der Waals surface area contributed by atoms with Crippen molar-refractivity contribution >= 4 is 17.5 Å². The minimum absolute atomic E-state index is 0.0487. The van der Waals surface area contributed by atoms with Gasteiger partial charge in [0, 0.05) is 24.7 Å². The van der Waals surface area contributed by atoms with Crippen LogP contribution in [0, 0.1) is 5.92 Å². The standard InChI is InChI=1S/C18H20N6O/c1-12(2)16-17(25)19-8-9-23(16)15-10-14(13-6-4-3-5-7-13)22-18-20-11-21-24(15)18/h3-7,10-12,16H,8-9H2,1-2H3,(H,19,25). The predicted molar refractivity (Wildman–Crippen MR) is 95.2 cm³/mol.